The summed E-state index contributed by atoms with van der Waals surface area (Å²) in [5.41, 5.74) is 7.31. The van der Waals surface area contributed by atoms with Crippen molar-refractivity contribution in [1.82, 2.24) is 19.5 Å². The van der Waals surface area contributed by atoms with Crippen molar-refractivity contribution in [3.63, 3.8) is 0 Å². The molecular formula is C11H17N5. The van der Waals surface area contributed by atoms with Gasteiger partial charge in [0.25, 0.3) is 0 Å². The predicted octanol–water partition coefficient (Wildman–Crippen LogP) is 1.94. The number of rotatable bonds is 3. The quantitative estimate of drug-likeness (QED) is 0.856. The lowest BCUT2D eigenvalue weighted by Gasteiger charge is -2.28. The third-order valence-corrected chi connectivity index (χ3v) is 3.47. The Morgan fingerprint density at radius 2 is 1.94 bits per heavy atom. The number of nitrogens with two attached hydrogens (primary N) is 1. The van der Waals surface area contributed by atoms with E-state index in [-0.39, 0.29) is 5.54 Å². The van der Waals surface area contributed by atoms with Crippen molar-refractivity contribution in [3.05, 3.63) is 12.7 Å². The van der Waals surface area contributed by atoms with Gasteiger partial charge < -0.3 is 10.3 Å². The van der Waals surface area contributed by atoms with Crippen LogP contribution in [0, 0.1) is 0 Å². The standard InChI is InChI=1S/C11H17N5/c1-4-11(3,5-2)16-7-15-8-9(12)13-6-14-10(8)16/h6-7H,4-5H2,1-3H3,(H2,12,13,14). The summed E-state index contributed by atoms with van der Waals surface area (Å²) < 4.78 is 2.10. The Kier molecular flexibility index (Phi) is 2.53. The predicted molar refractivity (Wildman–Crippen MR) is 64.0 cm³/mol. The van der Waals surface area contributed by atoms with Crippen molar-refractivity contribution in [3.8, 4) is 0 Å². The summed E-state index contributed by atoms with van der Waals surface area (Å²) >= 11 is 0. The molecule has 0 atom stereocenters. The topological polar surface area (TPSA) is 69.6 Å². The summed E-state index contributed by atoms with van der Waals surface area (Å²) in [5.74, 6) is 0.443. The molecule has 0 aromatic carbocycles. The fourth-order valence-corrected chi connectivity index (χ4v) is 1.84. The molecule has 2 N–H and O–H groups in total. The van der Waals surface area contributed by atoms with E-state index < -0.39 is 0 Å². The van der Waals surface area contributed by atoms with Crippen LogP contribution in [-0.4, -0.2) is 19.5 Å². The van der Waals surface area contributed by atoms with E-state index in [0.717, 1.165) is 18.5 Å². The molecule has 2 rings (SSSR count). The average molecular weight is 219 g/mol. The fourth-order valence-electron chi connectivity index (χ4n) is 1.84. The van der Waals surface area contributed by atoms with Gasteiger partial charge in [0.1, 0.15) is 11.8 Å². The maximum absolute atomic E-state index is 5.77. The van der Waals surface area contributed by atoms with Crippen LogP contribution in [0.15, 0.2) is 12.7 Å². The van der Waals surface area contributed by atoms with Crippen LogP contribution in [0.25, 0.3) is 11.2 Å². The maximum atomic E-state index is 5.77. The summed E-state index contributed by atoms with van der Waals surface area (Å²) in [5, 5.41) is 0. The van der Waals surface area contributed by atoms with E-state index in [1.54, 1.807) is 0 Å². The molecule has 0 spiro atoms. The van der Waals surface area contributed by atoms with Gasteiger partial charge in [0.15, 0.2) is 11.5 Å². The SMILES string of the molecule is CCC(C)(CC)n1cnc2c(N)ncnc21. The van der Waals surface area contributed by atoms with E-state index in [0.29, 0.717) is 11.3 Å². The minimum absolute atomic E-state index is 0.0372. The number of anilines is 1. The van der Waals surface area contributed by atoms with E-state index in [1.165, 1.54) is 6.33 Å². The molecule has 5 heteroatoms. The molecule has 0 saturated carbocycles. The highest BCUT2D eigenvalue weighted by Crippen LogP contribution is 2.28. The Labute approximate surface area is 94.7 Å². The van der Waals surface area contributed by atoms with Crippen LogP contribution in [0.1, 0.15) is 33.6 Å². The molecule has 5 nitrogen and oxygen atoms in total. The molecular weight excluding hydrogens is 202 g/mol. The lowest BCUT2D eigenvalue weighted by Crippen LogP contribution is -2.27. The number of aromatic nitrogens is 4. The molecule has 0 amide bonds. The third kappa shape index (κ3) is 1.43. The van der Waals surface area contributed by atoms with E-state index in [2.05, 4.69) is 40.3 Å². The highest BCUT2D eigenvalue weighted by atomic mass is 15.2. The van der Waals surface area contributed by atoms with Crippen molar-refractivity contribution >= 4 is 17.0 Å². The zero-order chi connectivity index (χ0) is 11.8. The normalized spacial score (nSPS) is 12.2. The number of hydrogen-bond acceptors (Lipinski definition) is 4. The van der Waals surface area contributed by atoms with E-state index in [1.807, 2.05) is 6.33 Å². The van der Waals surface area contributed by atoms with Gasteiger partial charge in [-0.1, -0.05) is 13.8 Å². The van der Waals surface area contributed by atoms with Crippen LogP contribution >= 0.6 is 0 Å². The van der Waals surface area contributed by atoms with Crippen molar-refractivity contribution in [2.75, 3.05) is 5.73 Å². The first kappa shape index (κ1) is 10.9. The van der Waals surface area contributed by atoms with Gasteiger partial charge in [-0.25, -0.2) is 15.0 Å². The first-order chi connectivity index (χ1) is 7.62. The van der Waals surface area contributed by atoms with Crippen molar-refractivity contribution in [2.45, 2.75) is 39.2 Å². The Hall–Kier alpha value is -1.65. The van der Waals surface area contributed by atoms with Crippen molar-refractivity contribution in [2.24, 2.45) is 0 Å². The first-order valence-electron chi connectivity index (χ1n) is 5.56. The van der Waals surface area contributed by atoms with Crippen molar-refractivity contribution in [1.29, 1.82) is 0 Å². The van der Waals surface area contributed by atoms with E-state index in [4.69, 9.17) is 5.73 Å². The molecule has 16 heavy (non-hydrogen) atoms. The fraction of sp³-hybridized carbons (Fsp3) is 0.545. The van der Waals surface area contributed by atoms with Crippen LogP contribution in [0.5, 0.6) is 0 Å². The molecule has 86 valence electrons. The Bertz CT molecular complexity index is 498. The lowest BCUT2D eigenvalue weighted by atomic mass is 9.95. The molecule has 0 unspecified atom stereocenters. The molecule has 0 fully saturated rings. The highest BCUT2D eigenvalue weighted by molar-refractivity contribution is 5.81. The second kappa shape index (κ2) is 3.73. The summed E-state index contributed by atoms with van der Waals surface area (Å²) in [7, 11) is 0. The second-order valence-corrected chi connectivity index (χ2v) is 4.25. The van der Waals surface area contributed by atoms with Crippen LogP contribution in [0.4, 0.5) is 5.82 Å². The molecule has 0 bridgehead atoms. The van der Waals surface area contributed by atoms with Crippen LogP contribution < -0.4 is 5.73 Å². The summed E-state index contributed by atoms with van der Waals surface area (Å²) in [6.45, 7) is 6.53. The molecule has 0 aliphatic carbocycles. The lowest BCUT2D eigenvalue weighted by molar-refractivity contribution is 0.301. The number of imidazole rings is 1. The number of fused-ring (bicyclic) bond motifs is 1. The van der Waals surface area contributed by atoms with E-state index in [9.17, 15) is 0 Å². The highest BCUT2D eigenvalue weighted by Gasteiger charge is 2.24. The Morgan fingerprint density at radius 3 is 2.56 bits per heavy atom. The van der Waals surface area contributed by atoms with Gasteiger partial charge in [-0.05, 0) is 19.8 Å². The Balaban J connectivity index is 2.66. The van der Waals surface area contributed by atoms with Gasteiger partial charge in [-0.2, -0.15) is 0 Å². The summed E-state index contributed by atoms with van der Waals surface area (Å²) in [4.78, 5) is 12.5. The zero-order valence-corrected chi connectivity index (χ0v) is 9.94. The molecule has 0 aliphatic heterocycles. The minimum Gasteiger partial charge on any atom is -0.382 e. The molecule has 2 heterocycles. The maximum Gasteiger partial charge on any atom is 0.165 e. The second-order valence-electron chi connectivity index (χ2n) is 4.25. The minimum atomic E-state index is 0.0372. The molecule has 2 aromatic heterocycles. The summed E-state index contributed by atoms with van der Waals surface area (Å²) in [6.07, 6.45) is 5.35. The number of nitrogen functional groups attached to an aromatic ring is 1. The van der Waals surface area contributed by atoms with Gasteiger partial charge >= 0.3 is 0 Å². The van der Waals surface area contributed by atoms with Gasteiger partial charge in [-0.15, -0.1) is 0 Å². The number of nitrogens with zero attached hydrogens (tertiary/aromatic N) is 4. The van der Waals surface area contributed by atoms with Gasteiger partial charge in [0.2, 0.25) is 0 Å². The molecule has 0 saturated heterocycles. The van der Waals surface area contributed by atoms with Crippen molar-refractivity contribution < 1.29 is 0 Å². The largest absolute Gasteiger partial charge is 0.382 e. The van der Waals surface area contributed by atoms with Crippen LogP contribution in [0.3, 0.4) is 0 Å². The number of hydrogen-bond donors (Lipinski definition) is 1. The molecule has 0 aliphatic rings. The van der Waals surface area contributed by atoms with Gasteiger partial charge in [-0.3, -0.25) is 0 Å². The third-order valence-electron chi connectivity index (χ3n) is 3.47. The van der Waals surface area contributed by atoms with Crippen LogP contribution in [0.2, 0.25) is 0 Å². The van der Waals surface area contributed by atoms with Gasteiger partial charge in [0.05, 0.1) is 6.33 Å². The summed E-state index contributed by atoms with van der Waals surface area (Å²) in [6, 6.07) is 0. The van der Waals surface area contributed by atoms with Crippen LogP contribution in [-0.2, 0) is 5.54 Å². The van der Waals surface area contributed by atoms with Gasteiger partial charge in [0, 0.05) is 5.54 Å². The average Bonchev–Trinajstić information content (AvgIpc) is 2.74. The molecule has 0 radical (unpaired) electrons. The Morgan fingerprint density at radius 1 is 1.25 bits per heavy atom. The first-order valence-corrected chi connectivity index (χ1v) is 5.56. The zero-order valence-electron chi connectivity index (χ0n) is 9.94. The molecule has 2 aromatic rings. The smallest absolute Gasteiger partial charge is 0.165 e. The monoisotopic (exact) mass is 219 g/mol. The van der Waals surface area contributed by atoms with E-state index >= 15 is 0 Å².